The molecule has 2 amide bonds. The monoisotopic (exact) mass is 608 g/mol. The Labute approximate surface area is 252 Å². The lowest BCUT2D eigenvalue weighted by atomic mass is 9.99. The zero-order valence-electron chi connectivity index (χ0n) is 23.9. The number of nitrogens with zero attached hydrogens (tertiary/aromatic N) is 5. The Kier molecular flexibility index (Phi) is 9.05. The molecule has 1 aliphatic rings. The Morgan fingerprint density at radius 3 is 2.51 bits per heavy atom. The van der Waals surface area contributed by atoms with Crippen LogP contribution >= 0.6 is 11.8 Å². The highest BCUT2D eigenvalue weighted by molar-refractivity contribution is 8.14. The number of halogens is 3. The predicted octanol–water partition coefficient (Wildman–Crippen LogP) is 7.55. The van der Waals surface area contributed by atoms with Gasteiger partial charge in [0.15, 0.2) is 11.0 Å². The summed E-state index contributed by atoms with van der Waals surface area (Å²) in [6.45, 7) is 6.78. The summed E-state index contributed by atoms with van der Waals surface area (Å²) in [5.41, 5.74) is 4.47. The van der Waals surface area contributed by atoms with Crippen molar-refractivity contribution in [3.8, 4) is 22.8 Å². The third-order valence-corrected chi connectivity index (χ3v) is 7.90. The normalized spacial score (nSPS) is 16.5. The van der Waals surface area contributed by atoms with Crippen molar-refractivity contribution in [2.75, 3.05) is 10.7 Å². The summed E-state index contributed by atoms with van der Waals surface area (Å²) >= 11 is 1.59. The SMILES string of the molecule is CC(C)c1ccccc1N1C(=NC(=O)NCc2ccc(-c3ncn(-c4ccc(OC(F)(F)F)cc4)n3)cc2)SCCC1C. The molecule has 1 aliphatic heterocycles. The van der Waals surface area contributed by atoms with Gasteiger partial charge in [-0.1, -0.05) is 68.1 Å². The van der Waals surface area contributed by atoms with Gasteiger partial charge in [-0.15, -0.1) is 18.3 Å². The maximum atomic E-state index is 12.9. The van der Waals surface area contributed by atoms with Gasteiger partial charge in [-0.3, -0.25) is 0 Å². The lowest BCUT2D eigenvalue weighted by Gasteiger charge is -2.37. The summed E-state index contributed by atoms with van der Waals surface area (Å²) in [5.74, 6) is 1.37. The van der Waals surface area contributed by atoms with Crippen molar-refractivity contribution in [3.05, 3.63) is 90.3 Å². The second-order valence-corrected chi connectivity index (χ2v) is 11.4. The highest BCUT2D eigenvalue weighted by atomic mass is 32.2. The van der Waals surface area contributed by atoms with E-state index in [9.17, 15) is 18.0 Å². The fourth-order valence-electron chi connectivity index (χ4n) is 4.73. The molecule has 0 aliphatic carbocycles. The fraction of sp³-hybridized carbons (Fsp3) is 0.290. The first-order valence-electron chi connectivity index (χ1n) is 13.8. The molecule has 43 heavy (non-hydrogen) atoms. The van der Waals surface area contributed by atoms with Crippen LogP contribution in [0.25, 0.3) is 17.1 Å². The van der Waals surface area contributed by atoms with Crippen LogP contribution in [0, 0.1) is 0 Å². The van der Waals surface area contributed by atoms with Gasteiger partial charge in [0, 0.05) is 29.6 Å². The zero-order chi connectivity index (χ0) is 30.6. The number of hydrogen-bond acceptors (Lipinski definition) is 5. The molecule has 1 saturated heterocycles. The molecule has 0 radical (unpaired) electrons. The molecule has 1 unspecified atom stereocenters. The molecular weight excluding hydrogens is 577 g/mol. The molecule has 5 rings (SSSR count). The average Bonchev–Trinajstić information content (AvgIpc) is 3.46. The van der Waals surface area contributed by atoms with Crippen LogP contribution in [0.5, 0.6) is 5.75 Å². The van der Waals surface area contributed by atoms with Gasteiger partial charge in [-0.2, -0.15) is 4.99 Å². The lowest BCUT2D eigenvalue weighted by molar-refractivity contribution is -0.274. The number of carbonyl (C=O) groups excluding carboxylic acids is 1. The number of aromatic nitrogens is 3. The molecule has 0 spiro atoms. The minimum absolute atomic E-state index is 0.222. The number of amides is 2. The standard InChI is InChI=1S/C31H31F3N6O2S/c1-20(2)26-6-4-5-7-27(26)40-21(3)16-17-43-30(40)37-29(41)35-18-22-8-10-23(11-9-22)28-36-19-39(38-28)24-12-14-25(15-13-24)42-31(32,33)34/h4-15,19-21H,16-18H2,1-3H3,(H,35,41). The molecule has 1 fully saturated rings. The molecule has 2 heterocycles. The van der Waals surface area contributed by atoms with Crippen LogP contribution in [0.2, 0.25) is 0 Å². The van der Waals surface area contributed by atoms with Gasteiger partial charge in [-0.05, 0) is 60.7 Å². The number of rotatable bonds is 7. The molecule has 0 bridgehead atoms. The van der Waals surface area contributed by atoms with E-state index in [-0.39, 0.29) is 11.8 Å². The highest BCUT2D eigenvalue weighted by Crippen LogP contribution is 2.34. The van der Waals surface area contributed by atoms with Crippen LogP contribution in [0.3, 0.4) is 0 Å². The Bertz CT molecular complexity index is 1590. The van der Waals surface area contributed by atoms with Gasteiger partial charge in [0.05, 0.1) is 5.69 Å². The smallest absolute Gasteiger partial charge is 0.406 e. The third kappa shape index (κ3) is 7.56. The van der Waals surface area contributed by atoms with Crippen LogP contribution in [-0.4, -0.2) is 44.1 Å². The molecule has 224 valence electrons. The summed E-state index contributed by atoms with van der Waals surface area (Å²) in [4.78, 5) is 23.8. The van der Waals surface area contributed by atoms with Crippen LogP contribution in [0.15, 0.2) is 84.1 Å². The maximum Gasteiger partial charge on any atom is 0.573 e. The van der Waals surface area contributed by atoms with Gasteiger partial charge >= 0.3 is 12.4 Å². The van der Waals surface area contributed by atoms with Crippen molar-refractivity contribution >= 4 is 28.6 Å². The fourth-order valence-corrected chi connectivity index (χ4v) is 5.93. The molecular formula is C31H31F3N6O2S. The molecule has 3 aromatic carbocycles. The summed E-state index contributed by atoms with van der Waals surface area (Å²) in [6, 6.07) is 20.9. The van der Waals surface area contributed by atoms with E-state index in [1.54, 1.807) is 11.8 Å². The largest absolute Gasteiger partial charge is 0.573 e. The van der Waals surface area contributed by atoms with E-state index >= 15 is 0 Å². The summed E-state index contributed by atoms with van der Waals surface area (Å²) < 4.78 is 42.6. The molecule has 4 aromatic rings. The number of carbonyl (C=O) groups is 1. The first-order chi connectivity index (χ1) is 20.6. The number of aliphatic imine (C=N–C) groups is 1. The van der Waals surface area contributed by atoms with E-state index in [2.05, 4.69) is 62.9 Å². The van der Waals surface area contributed by atoms with Crippen LogP contribution < -0.4 is 15.0 Å². The molecule has 1 atom stereocenters. The minimum Gasteiger partial charge on any atom is -0.406 e. The van der Waals surface area contributed by atoms with E-state index < -0.39 is 12.4 Å². The quantitative estimate of drug-likeness (QED) is 0.233. The van der Waals surface area contributed by atoms with E-state index in [1.807, 2.05) is 36.4 Å². The molecule has 1 N–H and O–H groups in total. The number of benzene rings is 3. The van der Waals surface area contributed by atoms with Crippen molar-refractivity contribution < 1.29 is 22.7 Å². The van der Waals surface area contributed by atoms with Gasteiger partial charge < -0.3 is 15.0 Å². The molecule has 0 saturated carbocycles. The first kappa shape index (κ1) is 30.1. The highest BCUT2D eigenvalue weighted by Gasteiger charge is 2.31. The Balaban J connectivity index is 1.22. The number of nitrogens with one attached hydrogen (secondary N) is 1. The number of alkyl halides is 3. The van der Waals surface area contributed by atoms with E-state index in [1.165, 1.54) is 40.8 Å². The van der Waals surface area contributed by atoms with Gasteiger partial charge in [0.25, 0.3) is 0 Å². The van der Waals surface area contributed by atoms with Gasteiger partial charge in [0.2, 0.25) is 0 Å². The predicted molar refractivity (Wildman–Crippen MR) is 163 cm³/mol. The van der Waals surface area contributed by atoms with Crippen molar-refractivity contribution in [3.63, 3.8) is 0 Å². The van der Waals surface area contributed by atoms with Gasteiger partial charge in [-0.25, -0.2) is 14.5 Å². The maximum absolute atomic E-state index is 12.9. The summed E-state index contributed by atoms with van der Waals surface area (Å²) in [5, 5.41) is 8.02. The van der Waals surface area contributed by atoms with Crippen molar-refractivity contribution in [2.45, 2.75) is 52.1 Å². The topological polar surface area (TPSA) is 84.6 Å². The Morgan fingerprint density at radius 1 is 1.09 bits per heavy atom. The third-order valence-electron chi connectivity index (χ3n) is 6.91. The first-order valence-corrected chi connectivity index (χ1v) is 14.8. The second-order valence-electron chi connectivity index (χ2n) is 10.4. The van der Waals surface area contributed by atoms with Crippen molar-refractivity contribution in [2.24, 2.45) is 4.99 Å². The number of urea groups is 1. The molecule has 12 heteroatoms. The summed E-state index contributed by atoms with van der Waals surface area (Å²) in [7, 11) is 0. The van der Waals surface area contributed by atoms with Gasteiger partial charge in [0.1, 0.15) is 12.1 Å². The van der Waals surface area contributed by atoms with Crippen LogP contribution in [0.1, 0.15) is 44.2 Å². The number of amidine groups is 1. The Morgan fingerprint density at radius 2 is 1.81 bits per heavy atom. The number of anilines is 1. The van der Waals surface area contributed by atoms with E-state index in [4.69, 9.17) is 0 Å². The van der Waals surface area contributed by atoms with Crippen molar-refractivity contribution in [1.29, 1.82) is 0 Å². The number of ether oxygens (including phenoxy) is 1. The minimum atomic E-state index is -4.75. The van der Waals surface area contributed by atoms with Crippen molar-refractivity contribution in [1.82, 2.24) is 20.1 Å². The zero-order valence-corrected chi connectivity index (χ0v) is 24.7. The average molecular weight is 609 g/mol. The molecule has 8 nitrogen and oxygen atoms in total. The van der Waals surface area contributed by atoms with E-state index in [0.29, 0.717) is 29.1 Å². The lowest BCUT2D eigenvalue weighted by Crippen LogP contribution is -2.42. The van der Waals surface area contributed by atoms with Crippen LogP contribution in [-0.2, 0) is 6.54 Å². The number of thioether (sulfide) groups is 1. The second kappa shape index (κ2) is 12.9. The number of hydrogen-bond donors (Lipinski definition) is 1. The van der Waals surface area contributed by atoms with E-state index in [0.717, 1.165) is 29.0 Å². The molecule has 1 aromatic heterocycles. The Hall–Kier alpha value is -4.32. The number of para-hydroxylation sites is 1. The summed E-state index contributed by atoms with van der Waals surface area (Å²) in [6.07, 6.45) is -2.27. The van der Waals surface area contributed by atoms with Crippen LogP contribution in [0.4, 0.5) is 23.7 Å².